The molecule has 0 amide bonds. The van der Waals surface area contributed by atoms with Gasteiger partial charge in [-0.05, 0) is 6.07 Å². The van der Waals surface area contributed by atoms with Crippen LogP contribution in [0.3, 0.4) is 0 Å². The third-order valence-corrected chi connectivity index (χ3v) is 2.26. The molecule has 1 N–H and O–H groups in total. The lowest BCUT2D eigenvalue weighted by Crippen LogP contribution is -1.96. The van der Waals surface area contributed by atoms with Crippen LogP contribution in [-0.2, 0) is 0 Å². The predicted molar refractivity (Wildman–Crippen MR) is 71.2 cm³/mol. The smallest absolute Gasteiger partial charge is 0.283 e. The molecule has 3 nitrogen and oxygen atoms in total. The molecule has 0 saturated carbocycles. The Kier molecular flexibility index (Phi) is 3.76. The van der Waals surface area contributed by atoms with E-state index in [2.05, 4.69) is 11.6 Å². The van der Waals surface area contributed by atoms with Crippen LogP contribution >= 0.6 is 0 Å². The van der Waals surface area contributed by atoms with Gasteiger partial charge in [0.05, 0.1) is 5.69 Å². The number of hydrogen-bond donors (Lipinski definition) is 1. The minimum atomic E-state index is -0.234. The first-order valence-corrected chi connectivity index (χ1v) is 5.51. The van der Waals surface area contributed by atoms with Crippen LogP contribution < -0.4 is 4.74 Å². The maximum absolute atomic E-state index is 9.39. The Balaban J connectivity index is 2.26. The maximum atomic E-state index is 9.39. The van der Waals surface area contributed by atoms with Gasteiger partial charge in [0.1, 0.15) is 0 Å². The first kappa shape index (κ1) is 11.9. The molecular formula is C15H13NO2. The Bertz CT molecular complexity index is 562. The van der Waals surface area contributed by atoms with Gasteiger partial charge in [-0.15, -0.1) is 0 Å². The van der Waals surface area contributed by atoms with Gasteiger partial charge in [0, 0.05) is 17.7 Å². The van der Waals surface area contributed by atoms with E-state index in [1.54, 1.807) is 6.07 Å². The molecule has 0 aliphatic heterocycles. The van der Waals surface area contributed by atoms with E-state index < -0.39 is 0 Å². The summed E-state index contributed by atoms with van der Waals surface area (Å²) < 4.78 is 5.15. The van der Waals surface area contributed by atoms with Crippen LogP contribution in [0.2, 0.25) is 0 Å². The van der Waals surface area contributed by atoms with E-state index in [0.29, 0.717) is 5.88 Å². The summed E-state index contributed by atoms with van der Waals surface area (Å²) in [6.07, 6.45) is 2.80. The Hall–Kier alpha value is -2.55. The van der Waals surface area contributed by atoms with E-state index in [1.807, 2.05) is 42.5 Å². The van der Waals surface area contributed by atoms with Gasteiger partial charge in [-0.2, -0.15) is 0 Å². The van der Waals surface area contributed by atoms with E-state index in [1.165, 1.54) is 12.2 Å². The number of benzene rings is 1. The topological polar surface area (TPSA) is 42.4 Å². The van der Waals surface area contributed by atoms with Gasteiger partial charge < -0.3 is 9.84 Å². The zero-order chi connectivity index (χ0) is 12.8. The average molecular weight is 239 g/mol. The van der Waals surface area contributed by atoms with Gasteiger partial charge in [-0.3, -0.25) is 0 Å². The van der Waals surface area contributed by atoms with Crippen molar-refractivity contribution in [2.45, 2.75) is 0 Å². The monoisotopic (exact) mass is 239 g/mol. The Morgan fingerprint density at radius 1 is 1.11 bits per heavy atom. The third-order valence-electron chi connectivity index (χ3n) is 2.26. The molecule has 0 unspecified atom stereocenters. The molecule has 0 aliphatic carbocycles. The summed E-state index contributed by atoms with van der Waals surface area (Å²) in [5.74, 6) is 0.106. The number of rotatable bonds is 4. The second-order valence-corrected chi connectivity index (χ2v) is 3.57. The van der Waals surface area contributed by atoms with Gasteiger partial charge in [-0.25, -0.2) is 4.98 Å². The highest BCUT2D eigenvalue weighted by Gasteiger charge is 2.02. The van der Waals surface area contributed by atoms with Crippen LogP contribution in [0.1, 0.15) is 0 Å². The van der Waals surface area contributed by atoms with Gasteiger partial charge >= 0.3 is 0 Å². The SMILES string of the molecule is C=C/C=C(/O)Oc1cccc(-c2ccccc2)n1. The normalized spacial score (nSPS) is 11.0. The Morgan fingerprint density at radius 2 is 1.89 bits per heavy atom. The fourth-order valence-electron chi connectivity index (χ4n) is 1.48. The molecule has 1 aromatic heterocycles. The minimum absolute atomic E-state index is 0.234. The number of pyridine rings is 1. The number of ether oxygens (including phenoxy) is 1. The van der Waals surface area contributed by atoms with Gasteiger partial charge in [0.15, 0.2) is 0 Å². The van der Waals surface area contributed by atoms with E-state index in [4.69, 9.17) is 4.74 Å². The molecule has 0 atom stereocenters. The summed E-state index contributed by atoms with van der Waals surface area (Å²) in [6.45, 7) is 3.47. The highest BCUT2D eigenvalue weighted by atomic mass is 16.6. The highest BCUT2D eigenvalue weighted by Crippen LogP contribution is 2.19. The minimum Gasteiger partial charge on any atom is -0.481 e. The molecule has 0 bridgehead atoms. The Labute approximate surface area is 106 Å². The lowest BCUT2D eigenvalue weighted by molar-refractivity contribution is 0.203. The molecule has 2 aromatic rings. The predicted octanol–water partition coefficient (Wildman–Crippen LogP) is 3.71. The maximum Gasteiger partial charge on any atom is 0.283 e. The number of allylic oxidation sites excluding steroid dienone is 2. The zero-order valence-electron chi connectivity index (χ0n) is 9.78. The second-order valence-electron chi connectivity index (χ2n) is 3.57. The number of aliphatic hydroxyl groups excluding tert-OH is 1. The molecule has 0 spiro atoms. The fourth-order valence-corrected chi connectivity index (χ4v) is 1.48. The van der Waals surface area contributed by atoms with Crippen LogP contribution in [0.15, 0.2) is 73.2 Å². The largest absolute Gasteiger partial charge is 0.481 e. The van der Waals surface area contributed by atoms with Gasteiger partial charge in [0.25, 0.3) is 5.95 Å². The standard InChI is InChI=1S/C15H13NO2/c1-2-7-15(17)18-14-11-6-10-13(16-14)12-8-4-3-5-9-12/h2-11,17H,1H2/b15-7-. The van der Waals surface area contributed by atoms with Crippen LogP contribution in [0, 0.1) is 0 Å². The summed E-state index contributed by atoms with van der Waals surface area (Å²) in [4.78, 5) is 4.31. The fraction of sp³-hybridized carbons (Fsp3) is 0. The second kappa shape index (κ2) is 5.68. The Morgan fingerprint density at radius 3 is 2.61 bits per heavy atom. The van der Waals surface area contributed by atoms with Crippen molar-refractivity contribution in [3.63, 3.8) is 0 Å². The molecule has 0 saturated heterocycles. The summed E-state index contributed by atoms with van der Waals surface area (Å²) in [5, 5.41) is 9.39. The zero-order valence-corrected chi connectivity index (χ0v) is 9.78. The lowest BCUT2D eigenvalue weighted by atomic mass is 10.1. The first-order chi connectivity index (χ1) is 8.79. The summed E-state index contributed by atoms with van der Waals surface area (Å²) in [5.41, 5.74) is 1.79. The molecule has 18 heavy (non-hydrogen) atoms. The van der Waals surface area contributed by atoms with Crippen molar-refractivity contribution in [2.24, 2.45) is 0 Å². The lowest BCUT2D eigenvalue weighted by Gasteiger charge is -2.05. The summed E-state index contributed by atoms with van der Waals surface area (Å²) >= 11 is 0. The quantitative estimate of drug-likeness (QED) is 0.653. The number of hydrogen-bond acceptors (Lipinski definition) is 3. The molecular weight excluding hydrogens is 226 g/mol. The van der Waals surface area contributed by atoms with Crippen molar-refractivity contribution in [2.75, 3.05) is 0 Å². The van der Waals surface area contributed by atoms with Crippen molar-refractivity contribution in [3.05, 3.63) is 73.2 Å². The molecule has 0 fully saturated rings. The molecule has 1 heterocycles. The summed E-state index contributed by atoms with van der Waals surface area (Å²) in [6, 6.07) is 15.2. The van der Waals surface area contributed by atoms with E-state index in [0.717, 1.165) is 11.3 Å². The highest BCUT2D eigenvalue weighted by molar-refractivity contribution is 5.59. The van der Waals surface area contributed by atoms with Crippen LogP contribution in [0.25, 0.3) is 11.3 Å². The molecule has 0 aliphatic rings. The van der Waals surface area contributed by atoms with Crippen molar-refractivity contribution < 1.29 is 9.84 Å². The molecule has 0 radical (unpaired) electrons. The van der Waals surface area contributed by atoms with Crippen LogP contribution in [-0.4, -0.2) is 10.1 Å². The van der Waals surface area contributed by atoms with Crippen LogP contribution in [0.5, 0.6) is 5.88 Å². The third kappa shape index (κ3) is 2.98. The van der Waals surface area contributed by atoms with Gasteiger partial charge in [-0.1, -0.05) is 49.1 Å². The molecule has 1 aromatic carbocycles. The van der Waals surface area contributed by atoms with E-state index in [-0.39, 0.29) is 5.95 Å². The molecule has 90 valence electrons. The van der Waals surface area contributed by atoms with Crippen molar-refractivity contribution >= 4 is 0 Å². The summed E-state index contributed by atoms with van der Waals surface area (Å²) in [7, 11) is 0. The van der Waals surface area contributed by atoms with E-state index in [9.17, 15) is 5.11 Å². The van der Waals surface area contributed by atoms with E-state index >= 15 is 0 Å². The van der Waals surface area contributed by atoms with Crippen LogP contribution in [0.4, 0.5) is 0 Å². The van der Waals surface area contributed by atoms with Gasteiger partial charge in [0.2, 0.25) is 5.88 Å². The molecule has 2 rings (SSSR count). The molecule has 3 heteroatoms. The van der Waals surface area contributed by atoms with Crippen molar-refractivity contribution in [3.8, 4) is 17.1 Å². The van der Waals surface area contributed by atoms with Crippen molar-refractivity contribution in [1.82, 2.24) is 4.98 Å². The number of nitrogens with zero attached hydrogens (tertiary/aromatic N) is 1. The number of aromatic nitrogens is 1. The average Bonchev–Trinajstić information content (AvgIpc) is 2.40. The number of aliphatic hydroxyl groups is 1. The first-order valence-electron chi connectivity index (χ1n) is 5.51. The van der Waals surface area contributed by atoms with Crippen molar-refractivity contribution in [1.29, 1.82) is 0 Å².